The molecular formula is C11H15Cl2N. The molecule has 0 aliphatic rings. The molecule has 1 rings (SSSR count). The van der Waals surface area contributed by atoms with Crippen molar-refractivity contribution in [1.29, 1.82) is 0 Å². The summed E-state index contributed by atoms with van der Waals surface area (Å²) in [6.07, 6.45) is 2.09. The SMILES string of the molecule is CN(C)CCCc1cc(Cl)ccc1Cl. The molecule has 3 heteroatoms. The first-order chi connectivity index (χ1) is 6.59. The first kappa shape index (κ1) is 11.8. The van der Waals surface area contributed by atoms with Gasteiger partial charge in [-0.1, -0.05) is 23.2 Å². The van der Waals surface area contributed by atoms with E-state index in [0.29, 0.717) is 0 Å². The molecule has 0 unspecified atom stereocenters. The van der Waals surface area contributed by atoms with Crippen molar-refractivity contribution in [2.45, 2.75) is 12.8 Å². The maximum atomic E-state index is 6.04. The Morgan fingerprint density at radius 2 is 1.93 bits per heavy atom. The van der Waals surface area contributed by atoms with Crippen LogP contribution in [0, 0.1) is 0 Å². The molecule has 0 N–H and O–H groups in total. The van der Waals surface area contributed by atoms with Gasteiger partial charge in [0.05, 0.1) is 0 Å². The van der Waals surface area contributed by atoms with E-state index in [4.69, 9.17) is 23.2 Å². The van der Waals surface area contributed by atoms with E-state index in [1.807, 2.05) is 18.2 Å². The van der Waals surface area contributed by atoms with Gasteiger partial charge >= 0.3 is 0 Å². The monoisotopic (exact) mass is 231 g/mol. The molecule has 0 bridgehead atoms. The van der Waals surface area contributed by atoms with Gasteiger partial charge in [0, 0.05) is 10.0 Å². The second kappa shape index (κ2) is 5.59. The molecule has 78 valence electrons. The van der Waals surface area contributed by atoms with Crippen LogP contribution in [-0.4, -0.2) is 25.5 Å². The van der Waals surface area contributed by atoms with Crippen LogP contribution >= 0.6 is 23.2 Å². The third-order valence-electron chi connectivity index (χ3n) is 2.06. The molecule has 0 radical (unpaired) electrons. The van der Waals surface area contributed by atoms with Gasteiger partial charge in [-0.2, -0.15) is 0 Å². The quantitative estimate of drug-likeness (QED) is 0.768. The minimum Gasteiger partial charge on any atom is -0.309 e. The summed E-state index contributed by atoms with van der Waals surface area (Å²) >= 11 is 11.9. The second-order valence-corrected chi connectivity index (χ2v) is 4.49. The standard InChI is InChI=1S/C11H15Cl2N/c1-14(2)7-3-4-9-8-10(12)5-6-11(9)13/h5-6,8H,3-4,7H2,1-2H3. The van der Waals surface area contributed by atoms with E-state index in [0.717, 1.165) is 35.0 Å². The van der Waals surface area contributed by atoms with Crippen molar-refractivity contribution in [3.63, 3.8) is 0 Å². The summed E-state index contributed by atoms with van der Waals surface area (Å²) in [7, 11) is 4.14. The van der Waals surface area contributed by atoms with Gasteiger partial charge in [0.2, 0.25) is 0 Å². The van der Waals surface area contributed by atoms with E-state index in [9.17, 15) is 0 Å². The van der Waals surface area contributed by atoms with Gasteiger partial charge in [-0.25, -0.2) is 0 Å². The normalized spacial score (nSPS) is 10.9. The molecule has 0 saturated carbocycles. The summed E-state index contributed by atoms with van der Waals surface area (Å²) in [5, 5.41) is 1.57. The fourth-order valence-electron chi connectivity index (χ4n) is 1.32. The summed E-state index contributed by atoms with van der Waals surface area (Å²) in [4.78, 5) is 2.17. The van der Waals surface area contributed by atoms with E-state index in [1.54, 1.807) is 0 Å². The van der Waals surface area contributed by atoms with E-state index in [1.165, 1.54) is 0 Å². The largest absolute Gasteiger partial charge is 0.309 e. The third-order valence-corrected chi connectivity index (χ3v) is 2.66. The lowest BCUT2D eigenvalue weighted by Crippen LogP contribution is -2.13. The zero-order valence-electron chi connectivity index (χ0n) is 8.56. The Labute approximate surface area is 95.6 Å². The third kappa shape index (κ3) is 3.87. The summed E-state index contributed by atoms with van der Waals surface area (Å²) in [6.45, 7) is 1.07. The lowest BCUT2D eigenvalue weighted by atomic mass is 10.1. The Bertz CT molecular complexity index is 297. The van der Waals surface area contributed by atoms with Crippen molar-refractivity contribution < 1.29 is 0 Å². The van der Waals surface area contributed by atoms with Crippen LogP contribution in [0.1, 0.15) is 12.0 Å². The van der Waals surface area contributed by atoms with Crippen molar-refractivity contribution in [3.8, 4) is 0 Å². The Kier molecular flexibility index (Phi) is 4.73. The predicted molar refractivity (Wildman–Crippen MR) is 63.3 cm³/mol. The fraction of sp³-hybridized carbons (Fsp3) is 0.455. The molecular weight excluding hydrogens is 217 g/mol. The van der Waals surface area contributed by atoms with E-state index in [-0.39, 0.29) is 0 Å². The van der Waals surface area contributed by atoms with Gasteiger partial charge in [0.15, 0.2) is 0 Å². The number of aryl methyl sites for hydroxylation is 1. The Morgan fingerprint density at radius 1 is 1.21 bits per heavy atom. The van der Waals surface area contributed by atoms with E-state index in [2.05, 4.69) is 19.0 Å². The molecule has 1 aromatic carbocycles. The van der Waals surface area contributed by atoms with Gasteiger partial charge in [0.1, 0.15) is 0 Å². The Balaban J connectivity index is 2.53. The van der Waals surface area contributed by atoms with Crippen molar-refractivity contribution in [2.24, 2.45) is 0 Å². The van der Waals surface area contributed by atoms with Crippen molar-refractivity contribution >= 4 is 23.2 Å². The molecule has 0 fully saturated rings. The van der Waals surface area contributed by atoms with Crippen molar-refractivity contribution in [3.05, 3.63) is 33.8 Å². The van der Waals surface area contributed by atoms with Crippen molar-refractivity contribution in [2.75, 3.05) is 20.6 Å². The molecule has 0 heterocycles. The van der Waals surface area contributed by atoms with Crippen LogP contribution < -0.4 is 0 Å². The molecule has 0 aliphatic heterocycles. The number of benzene rings is 1. The highest BCUT2D eigenvalue weighted by atomic mass is 35.5. The summed E-state index contributed by atoms with van der Waals surface area (Å²) in [6, 6.07) is 5.62. The van der Waals surface area contributed by atoms with Crippen LogP contribution in [0.3, 0.4) is 0 Å². The van der Waals surface area contributed by atoms with Crippen molar-refractivity contribution in [1.82, 2.24) is 4.90 Å². The number of rotatable bonds is 4. The van der Waals surface area contributed by atoms with Crippen LogP contribution in [-0.2, 0) is 6.42 Å². The first-order valence-electron chi connectivity index (χ1n) is 4.68. The Morgan fingerprint density at radius 3 is 2.57 bits per heavy atom. The molecule has 1 nitrogen and oxygen atoms in total. The zero-order valence-corrected chi connectivity index (χ0v) is 10.1. The van der Waals surface area contributed by atoms with Crippen LogP contribution in [0.5, 0.6) is 0 Å². The molecule has 0 aliphatic carbocycles. The highest BCUT2D eigenvalue weighted by Crippen LogP contribution is 2.21. The van der Waals surface area contributed by atoms with Gasteiger partial charge in [-0.3, -0.25) is 0 Å². The second-order valence-electron chi connectivity index (χ2n) is 3.64. The maximum Gasteiger partial charge on any atom is 0.0439 e. The van der Waals surface area contributed by atoms with Gasteiger partial charge in [-0.15, -0.1) is 0 Å². The average molecular weight is 232 g/mol. The number of nitrogens with zero attached hydrogens (tertiary/aromatic N) is 1. The van der Waals surface area contributed by atoms with Crippen LogP contribution in [0.2, 0.25) is 10.0 Å². The fourth-order valence-corrected chi connectivity index (χ4v) is 1.73. The average Bonchev–Trinajstić information content (AvgIpc) is 2.10. The molecule has 0 spiro atoms. The van der Waals surface area contributed by atoms with Crippen LogP contribution in [0.15, 0.2) is 18.2 Å². The molecule has 0 atom stereocenters. The lowest BCUT2D eigenvalue weighted by molar-refractivity contribution is 0.400. The van der Waals surface area contributed by atoms with E-state index >= 15 is 0 Å². The smallest absolute Gasteiger partial charge is 0.0439 e. The summed E-state index contributed by atoms with van der Waals surface area (Å²) in [5.41, 5.74) is 1.14. The first-order valence-corrected chi connectivity index (χ1v) is 5.44. The van der Waals surface area contributed by atoms with Gasteiger partial charge in [-0.05, 0) is 57.2 Å². The highest BCUT2D eigenvalue weighted by Gasteiger charge is 2.01. The van der Waals surface area contributed by atoms with E-state index < -0.39 is 0 Å². The van der Waals surface area contributed by atoms with Crippen LogP contribution in [0.4, 0.5) is 0 Å². The number of hydrogen-bond donors (Lipinski definition) is 0. The number of halogens is 2. The topological polar surface area (TPSA) is 3.24 Å². The van der Waals surface area contributed by atoms with Gasteiger partial charge in [0.25, 0.3) is 0 Å². The zero-order chi connectivity index (χ0) is 10.6. The van der Waals surface area contributed by atoms with Gasteiger partial charge < -0.3 is 4.90 Å². The Hall–Kier alpha value is -0.240. The predicted octanol–water partition coefficient (Wildman–Crippen LogP) is 3.49. The maximum absolute atomic E-state index is 6.04. The van der Waals surface area contributed by atoms with Crippen LogP contribution in [0.25, 0.3) is 0 Å². The minimum absolute atomic E-state index is 0.759. The summed E-state index contributed by atoms with van der Waals surface area (Å²) in [5.74, 6) is 0. The lowest BCUT2D eigenvalue weighted by Gasteiger charge is -2.09. The molecule has 0 amide bonds. The molecule has 0 aromatic heterocycles. The summed E-state index contributed by atoms with van der Waals surface area (Å²) < 4.78 is 0. The highest BCUT2D eigenvalue weighted by molar-refractivity contribution is 6.33. The molecule has 1 aromatic rings. The molecule has 14 heavy (non-hydrogen) atoms. The molecule has 0 saturated heterocycles. The number of hydrogen-bond acceptors (Lipinski definition) is 1. The minimum atomic E-state index is 0.759.